The van der Waals surface area contributed by atoms with Crippen LogP contribution in [0.2, 0.25) is 0 Å². The van der Waals surface area contributed by atoms with E-state index < -0.39 is 17.6 Å². The van der Waals surface area contributed by atoms with E-state index in [1.54, 1.807) is 0 Å². The Balaban J connectivity index is 1.67. The minimum Gasteiger partial charge on any atom is -0.325 e. The standard InChI is InChI=1S/C28H20F3N3OS/c1-18-11-13-19(14-12-18)21-15-25(20-7-3-2-4-8-20)34-27(22(21)16-32)36-17-26(35)33-24-10-6-5-9-23(24)28(29,30)31/h2-15H,17H2,1H3,(H,33,35). The van der Waals surface area contributed by atoms with Gasteiger partial charge in [-0.05, 0) is 30.7 Å². The fourth-order valence-corrected chi connectivity index (χ4v) is 4.41. The third-order valence-corrected chi connectivity index (χ3v) is 6.35. The number of carbonyl (C=O) groups is 1. The van der Waals surface area contributed by atoms with Crippen LogP contribution < -0.4 is 5.32 Å². The molecule has 0 spiro atoms. The van der Waals surface area contributed by atoms with Crippen molar-refractivity contribution in [3.63, 3.8) is 0 Å². The summed E-state index contributed by atoms with van der Waals surface area (Å²) in [5, 5.41) is 12.6. The highest BCUT2D eigenvalue weighted by atomic mass is 32.2. The number of aromatic nitrogens is 1. The van der Waals surface area contributed by atoms with Crippen molar-refractivity contribution in [3.05, 3.63) is 102 Å². The van der Waals surface area contributed by atoms with Gasteiger partial charge in [0.2, 0.25) is 5.91 Å². The highest BCUT2D eigenvalue weighted by Crippen LogP contribution is 2.36. The van der Waals surface area contributed by atoms with E-state index in [9.17, 15) is 23.2 Å². The van der Waals surface area contributed by atoms with Gasteiger partial charge in [-0.3, -0.25) is 4.79 Å². The van der Waals surface area contributed by atoms with Crippen molar-refractivity contribution < 1.29 is 18.0 Å². The molecule has 8 heteroatoms. The fourth-order valence-electron chi connectivity index (χ4n) is 3.61. The molecule has 4 aromatic rings. The van der Waals surface area contributed by atoms with Crippen LogP contribution in [0.15, 0.2) is 90.0 Å². The number of alkyl halides is 3. The van der Waals surface area contributed by atoms with Gasteiger partial charge in [-0.2, -0.15) is 18.4 Å². The van der Waals surface area contributed by atoms with Crippen molar-refractivity contribution >= 4 is 23.4 Å². The molecule has 36 heavy (non-hydrogen) atoms. The molecule has 180 valence electrons. The van der Waals surface area contributed by atoms with Crippen molar-refractivity contribution in [2.75, 3.05) is 11.1 Å². The van der Waals surface area contributed by atoms with Gasteiger partial charge in [0.15, 0.2) is 0 Å². The predicted molar refractivity (Wildman–Crippen MR) is 135 cm³/mol. The van der Waals surface area contributed by atoms with Crippen molar-refractivity contribution in [1.29, 1.82) is 5.26 Å². The number of aryl methyl sites for hydroxylation is 1. The summed E-state index contributed by atoms with van der Waals surface area (Å²) in [6, 6.07) is 26.0. The number of nitrogens with one attached hydrogen (secondary N) is 1. The Labute approximate surface area is 210 Å². The van der Waals surface area contributed by atoms with E-state index in [1.807, 2.05) is 67.6 Å². The van der Waals surface area contributed by atoms with Gasteiger partial charge in [0.1, 0.15) is 11.1 Å². The molecule has 0 radical (unpaired) electrons. The molecule has 3 aromatic carbocycles. The van der Waals surface area contributed by atoms with E-state index in [-0.39, 0.29) is 11.4 Å². The number of benzene rings is 3. The molecular weight excluding hydrogens is 483 g/mol. The molecule has 0 unspecified atom stereocenters. The van der Waals surface area contributed by atoms with Crippen LogP contribution in [0, 0.1) is 18.3 Å². The van der Waals surface area contributed by atoms with E-state index in [0.717, 1.165) is 34.5 Å². The number of amides is 1. The fraction of sp³-hybridized carbons (Fsp3) is 0.107. The Bertz CT molecular complexity index is 1430. The second kappa shape index (κ2) is 10.7. The Kier molecular flexibility index (Phi) is 7.41. The zero-order chi connectivity index (χ0) is 25.7. The topological polar surface area (TPSA) is 65.8 Å². The first kappa shape index (κ1) is 25.0. The maximum Gasteiger partial charge on any atom is 0.418 e. The number of hydrogen-bond donors (Lipinski definition) is 1. The van der Waals surface area contributed by atoms with E-state index in [1.165, 1.54) is 18.2 Å². The molecule has 0 aliphatic carbocycles. The number of halogens is 3. The second-order valence-electron chi connectivity index (χ2n) is 7.96. The summed E-state index contributed by atoms with van der Waals surface area (Å²) in [5.41, 5.74) is 3.07. The minimum absolute atomic E-state index is 0.223. The second-order valence-corrected chi connectivity index (χ2v) is 8.92. The van der Waals surface area contributed by atoms with Crippen LogP contribution in [0.1, 0.15) is 16.7 Å². The lowest BCUT2D eigenvalue weighted by Gasteiger charge is -2.14. The lowest BCUT2D eigenvalue weighted by Crippen LogP contribution is -2.18. The third-order valence-electron chi connectivity index (χ3n) is 5.38. The van der Waals surface area contributed by atoms with Gasteiger partial charge < -0.3 is 5.32 Å². The van der Waals surface area contributed by atoms with Crippen molar-refractivity contribution in [3.8, 4) is 28.5 Å². The smallest absolute Gasteiger partial charge is 0.325 e. The normalized spacial score (nSPS) is 11.1. The third kappa shape index (κ3) is 5.75. The number of nitriles is 1. The zero-order valence-corrected chi connectivity index (χ0v) is 20.0. The first-order valence-electron chi connectivity index (χ1n) is 10.9. The van der Waals surface area contributed by atoms with Gasteiger partial charge >= 0.3 is 6.18 Å². The molecule has 4 rings (SSSR count). The maximum atomic E-state index is 13.3. The molecule has 0 aliphatic heterocycles. The summed E-state index contributed by atoms with van der Waals surface area (Å²) in [4.78, 5) is 17.2. The van der Waals surface area contributed by atoms with Gasteiger partial charge in [-0.1, -0.05) is 84.1 Å². The number of thioether (sulfide) groups is 1. The van der Waals surface area contributed by atoms with Crippen molar-refractivity contribution in [2.45, 2.75) is 18.1 Å². The summed E-state index contributed by atoms with van der Waals surface area (Å²) < 4.78 is 39.8. The van der Waals surface area contributed by atoms with Crippen molar-refractivity contribution in [1.82, 2.24) is 4.98 Å². The molecular formula is C28H20F3N3OS. The molecule has 1 N–H and O–H groups in total. The van der Waals surface area contributed by atoms with Gasteiger partial charge in [-0.25, -0.2) is 4.98 Å². The van der Waals surface area contributed by atoms with Crippen LogP contribution >= 0.6 is 11.8 Å². The van der Waals surface area contributed by atoms with E-state index >= 15 is 0 Å². The van der Waals surface area contributed by atoms with Gasteiger partial charge in [0, 0.05) is 11.1 Å². The number of anilines is 1. The summed E-state index contributed by atoms with van der Waals surface area (Å²) in [7, 11) is 0. The molecule has 0 aliphatic rings. The van der Waals surface area contributed by atoms with Crippen LogP contribution in [0.3, 0.4) is 0 Å². The molecule has 0 atom stereocenters. The minimum atomic E-state index is -4.60. The highest BCUT2D eigenvalue weighted by molar-refractivity contribution is 8.00. The average Bonchev–Trinajstić information content (AvgIpc) is 2.87. The monoisotopic (exact) mass is 503 g/mol. The summed E-state index contributed by atoms with van der Waals surface area (Å²) in [5.74, 6) is -0.858. The Hall–Kier alpha value is -4.09. The Morgan fingerprint density at radius 1 is 0.972 bits per heavy atom. The summed E-state index contributed by atoms with van der Waals surface area (Å²) in [6.07, 6.45) is -4.60. The molecule has 0 saturated heterocycles. The van der Waals surface area contributed by atoms with Crippen LogP contribution in [0.5, 0.6) is 0 Å². The average molecular weight is 504 g/mol. The number of nitrogens with zero attached hydrogens (tertiary/aromatic N) is 2. The van der Waals surface area contributed by atoms with E-state index in [2.05, 4.69) is 16.4 Å². The number of carbonyl (C=O) groups excluding carboxylic acids is 1. The van der Waals surface area contributed by atoms with Crippen molar-refractivity contribution in [2.24, 2.45) is 0 Å². The molecule has 0 saturated carbocycles. The number of pyridine rings is 1. The van der Waals surface area contributed by atoms with Crippen LogP contribution in [0.25, 0.3) is 22.4 Å². The van der Waals surface area contributed by atoms with E-state index in [4.69, 9.17) is 0 Å². The number of hydrogen-bond acceptors (Lipinski definition) is 4. The van der Waals surface area contributed by atoms with Crippen LogP contribution in [-0.2, 0) is 11.0 Å². The Morgan fingerprint density at radius 2 is 1.64 bits per heavy atom. The summed E-state index contributed by atoms with van der Waals surface area (Å²) >= 11 is 1.01. The van der Waals surface area contributed by atoms with Gasteiger partial charge in [0.05, 0.1) is 28.3 Å². The van der Waals surface area contributed by atoms with Crippen LogP contribution in [0.4, 0.5) is 18.9 Å². The first-order chi connectivity index (χ1) is 17.3. The maximum absolute atomic E-state index is 13.3. The largest absolute Gasteiger partial charge is 0.418 e. The molecule has 1 aromatic heterocycles. The lowest BCUT2D eigenvalue weighted by molar-refractivity contribution is -0.137. The lowest BCUT2D eigenvalue weighted by atomic mass is 9.98. The Morgan fingerprint density at radius 3 is 2.31 bits per heavy atom. The highest BCUT2D eigenvalue weighted by Gasteiger charge is 2.33. The molecule has 0 fully saturated rings. The SMILES string of the molecule is Cc1ccc(-c2cc(-c3ccccc3)nc(SCC(=O)Nc3ccccc3C(F)(F)F)c2C#N)cc1. The molecule has 0 bridgehead atoms. The van der Waals surface area contributed by atoms with E-state index in [0.29, 0.717) is 21.8 Å². The number of rotatable bonds is 6. The predicted octanol–water partition coefficient (Wildman–Crippen LogP) is 7.35. The molecule has 4 nitrogen and oxygen atoms in total. The first-order valence-corrected chi connectivity index (χ1v) is 11.9. The zero-order valence-electron chi connectivity index (χ0n) is 19.1. The molecule has 1 heterocycles. The quantitative estimate of drug-likeness (QED) is 0.280. The van der Waals surface area contributed by atoms with Gasteiger partial charge in [-0.15, -0.1) is 0 Å². The molecule has 1 amide bonds. The van der Waals surface area contributed by atoms with Gasteiger partial charge in [0.25, 0.3) is 0 Å². The number of para-hydroxylation sites is 1. The van der Waals surface area contributed by atoms with Crippen LogP contribution in [-0.4, -0.2) is 16.6 Å². The summed E-state index contributed by atoms with van der Waals surface area (Å²) in [6.45, 7) is 1.97.